The average Bonchev–Trinajstić information content (AvgIpc) is 3.86. The van der Waals surface area contributed by atoms with Crippen LogP contribution >= 0.6 is 34.4 Å². The number of hydrogen-bond donors (Lipinski definition) is 5. The first-order valence-electron chi connectivity index (χ1n) is 17.6. The van der Waals surface area contributed by atoms with Gasteiger partial charge in [-0.2, -0.15) is 0 Å². The predicted molar refractivity (Wildman–Crippen MR) is 223 cm³/mol. The Balaban J connectivity index is 1.01. The summed E-state index contributed by atoms with van der Waals surface area (Å²) < 4.78 is 29.9. The van der Waals surface area contributed by atoms with E-state index in [0.29, 0.717) is 41.1 Å². The molecule has 0 spiro atoms. The maximum Gasteiger partial charge on any atom is 0.284 e. The van der Waals surface area contributed by atoms with Gasteiger partial charge in [-0.3, -0.25) is 25.6 Å². The lowest BCUT2D eigenvalue weighted by Crippen LogP contribution is -2.33. The monoisotopic (exact) mass is 829 g/mol. The van der Waals surface area contributed by atoms with Crippen molar-refractivity contribution in [3.8, 4) is 0 Å². The Labute approximate surface area is 336 Å². The van der Waals surface area contributed by atoms with Crippen LogP contribution in [0.15, 0.2) is 100 Å². The summed E-state index contributed by atoms with van der Waals surface area (Å²) in [6.45, 7) is 1.75. The van der Waals surface area contributed by atoms with E-state index in [1.54, 1.807) is 17.8 Å². The highest BCUT2D eigenvalue weighted by atomic mass is 32.2. The fourth-order valence-corrected chi connectivity index (χ4v) is 9.72. The van der Waals surface area contributed by atoms with Gasteiger partial charge >= 0.3 is 0 Å². The van der Waals surface area contributed by atoms with Crippen LogP contribution in [0.3, 0.4) is 0 Å². The number of para-hydroxylation sites is 1. The Bertz CT molecular complexity index is 2430. The van der Waals surface area contributed by atoms with E-state index in [-0.39, 0.29) is 34.0 Å². The second kappa shape index (κ2) is 17.4. The summed E-state index contributed by atoms with van der Waals surface area (Å²) in [7, 11) is -0.440. The number of carbonyl (C=O) groups is 2. The van der Waals surface area contributed by atoms with E-state index in [4.69, 9.17) is 0 Å². The number of fused-ring (bicyclic) bond motifs is 2. The van der Waals surface area contributed by atoms with Crippen molar-refractivity contribution in [2.45, 2.75) is 35.2 Å². The number of nitrogens with one attached hydrogen (secondary N) is 4. The van der Waals surface area contributed by atoms with E-state index in [0.717, 1.165) is 45.4 Å². The standard InChI is InChI=1S/C38H39N9O5S4/c1-46(2)17-16-25(22-53-26-10-4-3-5-11-26)40-34-31(44-50)19-27(20-39-34)56(51,52)45-36(49)32-23-54-38(42-32)47-18-15-24-9-8-12-28(29(24)21-47)35(48)43-37-41-30-13-6-7-14-33(30)55-37/h3-14,19-20,23,25,44,50H,15-18,21-22H2,1-2H3,(H,39,40)(H,45,49)(H,41,43,48)/t25-/m1/s1. The summed E-state index contributed by atoms with van der Waals surface area (Å²) in [5.74, 6) is -0.221. The third-order valence-electron chi connectivity index (χ3n) is 9.01. The number of rotatable bonds is 15. The molecule has 5 N–H and O–H groups in total. The van der Waals surface area contributed by atoms with Gasteiger partial charge in [-0.05, 0) is 81.0 Å². The van der Waals surface area contributed by atoms with Gasteiger partial charge in [-0.25, -0.2) is 28.1 Å². The number of nitrogens with zero attached hydrogens (tertiary/aromatic N) is 5. The molecule has 4 heterocycles. The molecule has 0 unspecified atom stereocenters. The van der Waals surface area contributed by atoms with Crippen LogP contribution in [0.2, 0.25) is 0 Å². The van der Waals surface area contributed by atoms with Crippen LogP contribution in [0.1, 0.15) is 38.4 Å². The molecule has 1 aliphatic heterocycles. The molecule has 14 nitrogen and oxygen atoms in total. The Morgan fingerprint density at radius 3 is 2.61 bits per heavy atom. The van der Waals surface area contributed by atoms with Gasteiger partial charge in [0.05, 0.1) is 10.2 Å². The second-order valence-electron chi connectivity index (χ2n) is 13.2. The molecule has 290 valence electrons. The molecule has 0 saturated carbocycles. The highest BCUT2D eigenvalue weighted by molar-refractivity contribution is 7.99. The van der Waals surface area contributed by atoms with Gasteiger partial charge in [-0.1, -0.05) is 53.8 Å². The molecule has 0 bridgehead atoms. The molecular formula is C38H39N9O5S4. The fourth-order valence-electron chi connectivity index (χ4n) is 6.11. The summed E-state index contributed by atoms with van der Waals surface area (Å²) >= 11 is 4.28. The van der Waals surface area contributed by atoms with E-state index >= 15 is 0 Å². The number of thiazole rings is 2. The maximum absolute atomic E-state index is 13.5. The molecule has 3 aromatic heterocycles. The van der Waals surface area contributed by atoms with Crippen molar-refractivity contribution < 1.29 is 23.2 Å². The molecule has 56 heavy (non-hydrogen) atoms. The minimum absolute atomic E-state index is 0.0364. The van der Waals surface area contributed by atoms with Crippen LogP contribution < -0.4 is 25.7 Å². The highest BCUT2D eigenvalue weighted by Crippen LogP contribution is 2.32. The quantitative estimate of drug-likeness (QED) is 0.0567. The van der Waals surface area contributed by atoms with E-state index in [2.05, 4.69) is 35.2 Å². The lowest BCUT2D eigenvalue weighted by molar-refractivity contribution is 0.0975. The van der Waals surface area contributed by atoms with Crippen LogP contribution in [-0.2, 0) is 23.0 Å². The smallest absolute Gasteiger partial charge is 0.284 e. The van der Waals surface area contributed by atoms with Gasteiger partial charge in [-0.15, -0.1) is 23.1 Å². The van der Waals surface area contributed by atoms with Crippen LogP contribution in [-0.4, -0.2) is 84.3 Å². The van der Waals surface area contributed by atoms with Gasteiger partial charge in [0.1, 0.15) is 16.3 Å². The summed E-state index contributed by atoms with van der Waals surface area (Å²) in [5, 5.41) is 18.8. The molecule has 1 aliphatic rings. The SMILES string of the molecule is CN(C)CC[C@H](CSc1ccccc1)Nc1ncc(S(=O)(=O)NC(=O)c2csc(N3CCc4cccc(C(=O)Nc5nc6ccccc6s5)c4C3)n2)cc1NO. The van der Waals surface area contributed by atoms with Crippen molar-refractivity contribution in [2.75, 3.05) is 54.0 Å². The van der Waals surface area contributed by atoms with Crippen molar-refractivity contribution in [3.63, 3.8) is 0 Å². The third-order valence-corrected chi connectivity index (χ3v) is 13.3. The number of pyridine rings is 1. The van der Waals surface area contributed by atoms with Crippen molar-refractivity contribution >= 4 is 88.3 Å². The van der Waals surface area contributed by atoms with E-state index < -0.39 is 15.9 Å². The van der Waals surface area contributed by atoms with Gasteiger partial charge in [0.25, 0.3) is 21.8 Å². The Morgan fingerprint density at radius 1 is 1.02 bits per heavy atom. The number of carbonyl (C=O) groups excluding carboxylic acids is 2. The van der Waals surface area contributed by atoms with E-state index in [1.165, 1.54) is 34.1 Å². The minimum atomic E-state index is -4.41. The van der Waals surface area contributed by atoms with Crippen molar-refractivity contribution in [1.29, 1.82) is 0 Å². The van der Waals surface area contributed by atoms with E-state index in [1.807, 2.05) is 91.2 Å². The van der Waals surface area contributed by atoms with Crippen molar-refractivity contribution in [2.24, 2.45) is 0 Å². The average molecular weight is 830 g/mol. The van der Waals surface area contributed by atoms with E-state index in [9.17, 15) is 23.2 Å². The summed E-state index contributed by atoms with van der Waals surface area (Å²) in [6.07, 6.45) is 2.54. The molecule has 2 amide bonds. The Hall–Kier alpha value is -5.11. The lowest BCUT2D eigenvalue weighted by atomic mass is 9.94. The zero-order valence-electron chi connectivity index (χ0n) is 30.4. The van der Waals surface area contributed by atoms with Crippen LogP contribution in [0.4, 0.5) is 21.8 Å². The first-order valence-corrected chi connectivity index (χ1v) is 21.8. The summed E-state index contributed by atoms with van der Waals surface area (Å²) in [5.41, 5.74) is 5.23. The van der Waals surface area contributed by atoms with Gasteiger partial charge in [0, 0.05) is 46.9 Å². The minimum Gasteiger partial charge on any atom is -0.365 e. The zero-order chi connectivity index (χ0) is 39.2. The number of thioether (sulfide) groups is 1. The van der Waals surface area contributed by atoms with Crippen LogP contribution in [0.5, 0.6) is 0 Å². The number of anilines is 4. The number of amides is 2. The number of sulfonamides is 1. The van der Waals surface area contributed by atoms with Gasteiger partial charge in [0.15, 0.2) is 16.1 Å². The molecule has 7 rings (SSSR count). The molecule has 0 aliphatic carbocycles. The molecule has 0 fully saturated rings. The van der Waals surface area contributed by atoms with Crippen molar-refractivity contribution in [3.05, 3.63) is 113 Å². The Morgan fingerprint density at radius 2 is 1.82 bits per heavy atom. The molecule has 18 heteroatoms. The largest absolute Gasteiger partial charge is 0.365 e. The fraction of sp³-hybridized carbons (Fsp3) is 0.237. The number of hydrogen-bond acceptors (Lipinski definition) is 15. The summed E-state index contributed by atoms with van der Waals surface area (Å²) in [4.78, 5) is 44.9. The predicted octanol–water partition coefficient (Wildman–Crippen LogP) is 6.41. The normalized spacial score (nSPS) is 13.3. The van der Waals surface area contributed by atoms with Gasteiger partial charge < -0.3 is 15.1 Å². The molecule has 6 aromatic rings. The highest BCUT2D eigenvalue weighted by Gasteiger charge is 2.27. The molecule has 0 radical (unpaired) electrons. The first kappa shape index (κ1) is 39.1. The number of aromatic nitrogens is 3. The van der Waals surface area contributed by atoms with Gasteiger partial charge in [0.2, 0.25) is 0 Å². The topological polar surface area (TPSA) is 182 Å². The number of benzene rings is 3. The van der Waals surface area contributed by atoms with Crippen molar-refractivity contribution in [1.82, 2.24) is 24.6 Å². The van der Waals surface area contributed by atoms with Crippen LogP contribution in [0, 0.1) is 0 Å². The molecule has 0 saturated heterocycles. The lowest BCUT2D eigenvalue weighted by Gasteiger charge is -2.29. The first-order chi connectivity index (χ1) is 27.1. The second-order valence-corrected chi connectivity index (χ2v) is 17.9. The maximum atomic E-state index is 13.5. The van der Waals surface area contributed by atoms with Crippen LogP contribution in [0.25, 0.3) is 10.2 Å². The molecule has 3 aromatic carbocycles. The third kappa shape index (κ3) is 9.29. The summed E-state index contributed by atoms with van der Waals surface area (Å²) in [6, 6.07) is 24.4. The zero-order valence-corrected chi connectivity index (χ0v) is 33.7. The molecular weight excluding hydrogens is 791 g/mol. The Kier molecular flexibility index (Phi) is 12.1. The molecule has 1 atom stereocenters.